The van der Waals surface area contributed by atoms with Crippen LogP contribution in [0.15, 0.2) is 30.6 Å². The van der Waals surface area contributed by atoms with E-state index < -0.39 is 0 Å². The van der Waals surface area contributed by atoms with Gasteiger partial charge in [-0.2, -0.15) is 0 Å². The Kier molecular flexibility index (Phi) is 5.00. The Morgan fingerprint density at radius 1 is 1.33 bits per heavy atom. The van der Waals surface area contributed by atoms with Gasteiger partial charge in [0.1, 0.15) is 0 Å². The summed E-state index contributed by atoms with van der Waals surface area (Å²) >= 11 is 0. The van der Waals surface area contributed by atoms with E-state index in [1.54, 1.807) is 30.6 Å². The van der Waals surface area contributed by atoms with E-state index >= 15 is 0 Å². The highest BCUT2D eigenvalue weighted by Gasteiger charge is 2.09. The first-order valence-corrected chi connectivity index (χ1v) is 5.42. The van der Waals surface area contributed by atoms with Crippen LogP contribution in [0.1, 0.15) is 17.3 Å². The van der Waals surface area contributed by atoms with Gasteiger partial charge in [0.15, 0.2) is 0 Å². The number of hydrogen-bond donors (Lipinski definition) is 2. The van der Waals surface area contributed by atoms with E-state index in [0.29, 0.717) is 17.6 Å². The first-order chi connectivity index (χ1) is 8.20. The van der Waals surface area contributed by atoms with Gasteiger partial charge < -0.3 is 11.1 Å². The van der Waals surface area contributed by atoms with Crippen molar-refractivity contribution in [1.29, 1.82) is 0 Å². The van der Waals surface area contributed by atoms with E-state index in [2.05, 4.69) is 15.3 Å². The SMILES string of the molecule is C[C@H](CN)NC(=O)c1ccc2nccnc2c1.Cl. The van der Waals surface area contributed by atoms with Gasteiger partial charge in [-0.1, -0.05) is 0 Å². The van der Waals surface area contributed by atoms with Crippen molar-refractivity contribution in [1.82, 2.24) is 15.3 Å². The topological polar surface area (TPSA) is 80.9 Å². The lowest BCUT2D eigenvalue weighted by Gasteiger charge is -2.11. The first kappa shape index (κ1) is 14.3. The Morgan fingerprint density at radius 3 is 2.67 bits per heavy atom. The minimum atomic E-state index is -0.143. The van der Waals surface area contributed by atoms with E-state index in [4.69, 9.17) is 5.73 Å². The summed E-state index contributed by atoms with van der Waals surface area (Å²) in [6, 6.07) is 5.20. The smallest absolute Gasteiger partial charge is 0.251 e. The van der Waals surface area contributed by atoms with Gasteiger partial charge in [0, 0.05) is 30.5 Å². The number of nitrogens with one attached hydrogen (secondary N) is 1. The third-order valence-corrected chi connectivity index (χ3v) is 2.46. The third-order valence-electron chi connectivity index (χ3n) is 2.46. The molecule has 0 aliphatic rings. The van der Waals surface area contributed by atoms with E-state index in [0.717, 1.165) is 5.52 Å². The summed E-state index contributed by atoms with van der Waals surface area (Å²) in [7, 11) is 0. The molecule has 6 heteroatoms. The van der Waals surface area contributed by atoms with Gasteiger partial charge in [-0.25, -0.2) is 0 Å². The predicted molar refractivity (Wildman–Crippen MR) is 72.8 cm³/mol. The van der Waals surface area contributed by atoms with Gasteiger partial charge >= 0.3 is 0 Å². The standard InChI is InChI=1S/C12H14N4O.ClH/c1-8(7-13)16-12(17)9-2-3-10-11(6-9)15-5-4-14-10;/h2-6,8H,7,13H2,1H3,(H,16,17);1H/t8-;/m1./s1. The van der Waals surface area contributed by atoms with Crippen molar-refractivity contribution in [2.45, 2.75) is 13.0 Å². The number of hydrogen-bond acceptors (Lipinski definition) is 4. The third kappa shape index (κ3) is 3.15. The number of amides is 1. The van der Waals surface area contributed by atoms with Crippen molar-refractivity contribution in [3.8, 4) is 0 Å². The number of nitrogens with two attached hydrogens (primary N) is 1. The van der Waals surface area contributed by atoms with E-state index in [1.165, 1.54) is 0 Å². The second-order valence-corrected chi connectivity index (χ2v) is 3.87. The number of aromatic nitrogens is 2. The number of carbonyl (C=O) groups is 1. The summed E-state index contributed by atoms with van der Waals surface area (Å²) < 4.78 is 0. The van der Waals surface area contributed by atoms with Gasteiger partial charge in [0.05, 0.1) is 11.0 Å². The maximum absolute atomic E-state index is 11.8. The fourth-order valence-electron chi connectivity index (χ4n) is 1.47. The highest BCUT2D eigenvalue weighted by molar-refractivity contribution is 5.97. The Balaban J connectivity index is 0.00000162. The van der Waals surface area contributed by atoms with Crippen LogP contribution in [0.4, 0.5) is 0 Å². The molecule has 3 N–H and O–H groups in total. The molecule has 0 saturated carbocycles. The molecule has 18 heavy (non-hydrogen) atoms. The minimum absolute atomic E-state index is 0. The Morgan fingerprint density at radius 2 is 2.00 bits per heavy atom. The van der Waals surface area contributed by atoms with Gasteiger partial charge in [-0.15, -0.1) is 12.4 Å². The van der Waals surface area contributed by atoms with Gasteiger partial charge in [-0.05, 0) is 25.1 Å². The summed E-state index contributed by atoms with van der Waals surface area (Å²) in [6.45, 7) is 2.28. The fourth-order valence-corrected chi connectivity index (χ4v) is 1.47. The molecule has 0 fully saturated rings. The maximum atomic E-state index is 11.8. The molecule has 0 radical (unpaired) electrons. The van der Waals surface area contributed by atoms with Crippen LogP contribution in [0.5, 0.6) is 0 Å². The molecular weight excluding hydrogens is 252 g/mol. The van der Waals surface area contributed by atoms with Crippen LogP contribution in [0, 0.1) is 0 Å². The number of carbonyl (C=O) groups excluding carboxylic acids is 1. The molecule has 1 aromatic heterocycles. The summed E-state index contributed by atoms with van der Waals surface area (Å²) in [5.41, 5.74) is 7.50. The average molecular weight is 267 g/mol. The molecule has 2 rings (SSSR count). The zero-order valence-corrected chi connectivity index (χ0v) is 10.8. The van der Waals surface area contributed by atoms with E-state index in [9.17, 15) is 4.79 Å². The monoisotopic (exact) mass is 266 g/mol. The second kappa shape index (κ2) is 6.28. The minimum Gasteiger partial charge on any atom is -0.348 e. The summed E-state index contributed by atoms with van der Waals surface area (Å²) in [4.78, 5) is 20.1. The van der Waals surface area contributed by atoms with Crippen LogP contribution in [-0.4, -0.2) is 28.5 Å². The predicted octanol–water partition coefficient (Wildman–Crippen LogP) is 1.13. The second-order valence-electron chi connectivity index (χ2n) is 3.87. The Hall–Kier alpha value is -1.72. The van der Waals surface area contributed by atoms with E-state index in [1.807, 2.05) is 6.92 Å². The van der Waals surface area contributed by atoms with Gasteiger partial charge in [0.25, 0.3) is 5.91 Å². The molecule has 0 bridgehead atoms. The number of halogens is 1. The summed E-state index contributed by atoms with van der Waals surface area (Å²) in [5, 5.41) is 2.80. The number of benzene rings is 1. The van der Waals surface area contributed by atoms with Crippen LogP contribution >= 0.6 is 12.4 Å². The normalized spacial score (nSPS) is 11.7. The Labute approximate surface area is 111 Å². The van der Waals surface area contributed by atoms with Crippen molar-refractivity contribution in [3.63, 3.8) is 0 Å². The largest absolute Gasteiger partial charge is 0.348 e. The number of fused-ring (bicyclic) bond motifs is 1. The molecule has 0 unspecified atom stereocenters. The van der Waals surface area contributed by atoms with Crippen LogP contribution in [0.25, 0.3) is 11.0 Å². The highest BCUT2D eigenvalue weighted by Crippen LogP contribution is 2.10. The van der Waals surface area contributed by atoms with Crippen molar-refractivity contribution < 1.29 is 4.79 Å². The lowest BCUT2D eigenvalue weighted by atomic mass is 10.1. The van der Waals surface area contributed by atoms with Crippen LogP contribution in [0.3, 0.4) is 0 Å². The van der Waals surface area contributed by atoms with E-state index in [-0.39, 0.29) is 24.4 Å². The molecule has 1 aromatic carbocycles. The molecule has 0 spiro atoms. The molecule has 0 aliphatic heterocycles. The quantitative estimate of drug-likeness (QED) is 0.873. The molecule has 0 saturated heterocycles. The molecule has 1 heterocycles. The van der Waals surface area contributed by atoms with Crippen molar-refractivity contribution in [3.05, 3.63) is 36.2 Å². The molecule has 2 aromatic rings. The zero-order chi connectivity index (χ0) is 12.3. The molecule has 1 atom stereocenters. The summed E-state index contributed by atoms with van der Waals surface area (Å²) in [6.07, 6.45) is 3.23. The molecule has 0 aliphatic carbocycles. The highest BCUT2D eigenvalue weighted by atomic mass is 35.5. The van der Waals surface area contributed by atoms with Crippen molar-refractivity contribution in [2.75, 3.05) is 6.54 Å². The van der Waals surface area contributed by atoms with Crippen molar-refractivity contribution in [2.24, 2.45) is 5.73 Å². The molecule has 1 amide bonds. The molecule has 96 valence electrons. The summed E-state index contributed by atoms with van der Waals surface area (Å²) in [5.74, 6) is -0.143. The van der Waals surface area contributed by atoms with Gasteiger partial charge in [0.2, 0.25) is 0 Å². The lowest BCUT2D eigenvalue weighted by molar-refractivity contribution is 0.0941. The molecular formula is C12H15ClN4O. The first-order valence-electron chi connectivity index (χ1n) is 5.42. The fraction of sp³-hybridized carbons (Fsp3) is 0.250. The number of nitrogens with zero attached hydrogens (tertiary/aromatic N) is 2. The average Bonchev–Trinajstić information content (AvgIpc) is 2.38. The zero-order valence-electron chi connectivity index (χ0n) is 9.96. The number of rotatable bonds is 3. The van der Waals surface area contributed by atoms with Gasteiger partial charge in [-0.3, -0.25) is 14.8 Å². The van der Waals surface area contributed by atoms with Crippen molar-refractivity contribution >= 4 is 29.3 Å². The Bertz CT molecular complexity index is 546. The lowest BCUT2D eigenvalue weighted by Crippen LogP contribution is -2.37. The maximum Gasteiger partial charge on any atom is 0.251 e. The van der Waals surface area contributed by atoms with Crippen LogP contribution < -0.4 is 11.1 Å². The molecule has 5 nitrogen and oxygen atoms in total. The van der Waals surface area contributed by atoms with Crippen LogP contribution in [0.2, 0.25) is 0 Å². The van der Waals surface area contributed by atoms with Crippen LogP contribution in [-0.2, 0) is 0 Å².